The molecule has 3 aliphatic rings. The minimum atomic E-state index is -0.704. The number of halogens is 2. The lowest BCUT2D eigenvalue weighted by Crippen LogP contribution is -2.48. The molecule has 1 atom stereocenters. The third-order valence-electron chi connectivity index (χ3n) is 8.71. The van der Waals surface area contributed by atoms with Crippen LogP contribution in [0, 0.1) is 11.8 Å². The maximum atomic E-state index is 13.9. The highest BCUT2D eigenvalue weighted by molar-refractivity contribution is 6.30. The van der Waals surface area contributed by atoms with Crippen LogP contribution in [-0.4, -0.2) is 60.5 Å². The Hall–Kier alpha value is -3.90. The highest BCUT2D eigenvalue weighted by atomic mass is 35.5. The molecule has 1 saturated carbocycles. The van der Waals surface area contributed by atoms with E-state index in [0.717, 1.165) is 36.4 Å². The van der Waals surface area contributed by atoms with Gasteiger partial charge < -0.3 is 18.6 Å². The Morgan fingerprint density at radius 2 is 1.98 bits per heavy atom. The zero-order valence-electron chi connectivity index (χ0n) is 23.8. The van der Waals surface area contributed by atoms with Crippen LogP contribution in [0.2, 0.25) is 5.02 Å². The van der Waals surface area contributed by atoms with Crippen molar-refractivity contribution in [1.82, 2.24) is 34.7 Å². The third kappa shape index (κ3) is 5.61. The number of H-pyrrole nitrogens is 1. The van der Waals surface area contributed by atoms with E-state index in [1.165, 1.54) is 12.8 Å². The monoisotopic (exact) mass is 606 g/mol. The van der Waals surface area contributed by atoms with Crippen LogP contribution in [0.3, 0.4) is 0 Å². The largest absolute Gasteiger partial charge is 0.434 e. The molecule has 2 aliphatic carbocycles. The van der Waals surface area contributed by atoms with E-state index in [0.29, 0.717) is 66.4 Å². The number of morpholine rings is 1. The van der Waals surface area contributed by atoms with Crippen LogP contribution < -0.4 is 10.7 Å². The normalized spacial score (nSPS) is 23.0. The van der Waals surface area contributed by atoms with Gasteiger partial charge in [0.05, 0.1) is 24.3 Å². The minimum Gasteiger partial charge on any atom is -0.384 e. The van der Waals surface area contributed by atoms with Crippen molar-refractivity contribution in [2.75, 3.05) is 24.7 Å². The topological polar surface area (TPSA) is 128 Å². The molecular weight excluding hydrogens is 575 g/mol. The maximum Gasteiger partial charge on any atom is 0.434 e. The lowest BCUT2D eigenvalue weighted by molar-refractivity contribution is 0.101. The SMILES string of the molecule is C[C@H]1CC[C@H](Cn2c(N3CCOC[C@H]3C3=CC=C(F)CC3)nc3nc(-c4n[nH]c(=O)o4)nc(-c4cncc(Cl)c4)c32)CC1. The summed E-state index contributed by atoms with van der Waals surface area (Å²) in [6, 6.07) is 1.69. The van der Waals surface area contributed by atoms with Crippen molar-refractivity contribution >= 4 is 28.7 Å². The van der Waals surface area contributed by atoms with E-state index in [2.05, 4.69) is 31.6 Å². The van der Waals surface area contributed by atoms with Crippen molar-refractivity contribution in [2.45, 2.75) is 58.0 Å². The van der Waals surface area contributed by atoms with Gasteiger partial charge in [0.25, 0.3) is 5.89 Å². The number of rotatable bonds is 6. The first kappa shape index (κ1) is 27.9. The zero-order valence-corrected chi connectivity index (χ0v) is 24.6. The van der Waals surface area contributed by atoms with Gasteiger partial charge in [-0.05, 0) is 48.8 Å². The Bertz CT molecular complexity index is 1770. The summed E-state index contributed by atoms with van der Waals surface area (Å²) in [6.45, 7) is 4.68. The van der Waals surface area contributed by atoms with Crippen LogP contribution in [0.1, 0.15) is 45.4 Å². The molecule has 2 fully saturated rings. The summed E-state index contributed by atoms with van der Waals surface area (Å²) in [6.07, 6.45) is 12.3. The lowest BCUT2D eigenvalue weighted by Gasteiger charge is -2.39. The Morgan fingerprint density at radius 3 is 2.72 bits per heavy atom. The van der Waals surface area contributed by atoms with Gasteiger partial charge in [-0.15, -0.1) is 5.10 Å². The molecule has 0 amide bonds. The molecule has 13 heteroatoms. The molecule has 4 aromatic rings. The number of hydrogen-bond acceptors (Lipinski definition) is 9. The summed E-state index contributed by atoms with van der Waals surface area (Å²) in [5, 5.41) is 6.71. The predicted octanol–water partition coefficient (Wildman–Crippen LogP) is 5.49. The number of aromatic nitrogens is 7. The van der Waals surface area contributed by atoms with Crippen LogP contribution in [0.15, 0.2) is 51.2 Å². The smallest absolute Gasteiger partial charge is 0.384 e. The molecule has 1 aliphatic heterocycles. The molecule has 1 saturated heterocycles. The van der Waals surface area contributed by atoms with E-state index in [1.54, 1.807) is 24.5 Å². The van der Waals surface area contributed by atoms with Crippen LogP contribution in [-0.2, 0) is 11.3 Å². The second kappa shape index (κ2) is 11.6. The summed E-state index contributed by atoms with van der Waals surface area (Å²) in [5.74, 6) is 1.19. The zero-order chi connectivity index (χ0) is 29.5. The van der Waals surface area contributed by atoms with E-state index in [9.17, 15) is 9.18 Å². The number of fused-ring (bicyclic) bond motifs is 1. The number of anilines is 1. The molecule has 0 spiro atoms. The van der Waals surface area contributed by atoms with E-state index in [1.807, 2.05) is 6.08 Å². The molecule has 0 radical (unpaired) electrons. The second-order valence-electron chi connectivity index (χ2n) is 11.7. The Kier molecular flexibility index (Phi) is 7.56. The standard InChI is InChI=1S/C30H32ClFN8O3/c1-17-2-4-18(5-3-17)15-40-25-24(20-12-21(31)14-33-13-20)34-27(28-37-38-30(41)43-28)35-26(25)36-29(40)39-10-11-42-16-23(39)19-6-8-22(32)9-7-19/h6,8,12-14,17-18,23H,2-5,7,9-11,15-16H2,1H3,(H,38,41)/t17-,18-,23-/m0/s1. The highest BCUT2D eigenvalue weighted by Gasteiger charge is 2.33. The summed E-state index contributed by atoms with van der Waals surface area (Å²) in [4.78, 5) is 33.1. The molecule has 0 unspecified atom stereocenters. The second-order valence-corrected chi connectivity index (χ2v) is 12.1. The highest BCUT2D eigenvalue weighted by Crippen LogP contribution is 2.38. The number of nitrogens with zero attached hydrogens (tertiary/aromatic N) is 7. The van der Waals surface area contributed by atoms with Crippen molar-refractivity contribution in [2.24, 2.45) is 11.8 Å². The molecule has 0 aromatic carbocycles. The van der Waals surface area contributed by atoms with Crippen LogP contribution >= 0.6 is 11.6 Å². The van der Waals surface area contributed by atoms with Gasteiger partial charge in [-0.25, -0.2) is 24.3 Å². The quantitative estimate of drug-likeness (QED) is 0.303. The van der Waals surface area contributed by atoms with Crippen molar-refractivity contribution in [1.29, 1.82) is 0 Å². The third-order valence-corrected chi connectivity index (χ3v) is 8.92. The molecule has 7 rings (SSSR count). The maximum absolute atomic E-state index is 13.9. The summed E-state index contributed by atoms with van der Waals surface area (Å²) in [7, 11) is 0. The van der Waals surface area contributed by atoms with Gasteiger partial charge in [-0.3, -0.25) is 4.98 Å². The van der Waals surface area contributed by atoms with Crippen molar-refractivity contribution in [3.05, 3.63) is 57.6 Å². The van der Waals surface area contributed by atoms with Gasteiger partial charge >= 0.3 is 5.76 Å². The van der Waals surface area contributed by atoms with Gasteiger partial charge in [0.1, 0.15) is 17.0 Å². The molecular formula is C30H32ClFN8O3. The number of allylic oxidation sites excluding steroid dienone is 3. The molecule has 5 heterocycles. The van der Waals surface area contributed by atoms with E-state index in [4.69, 9.17) is 35.7 Å². The van der Waals surface area contributed by atoms with Crippen LogP contribution in [0.5, 0.6) is 0 Å². The predicted molar refractivity (Wildman–Crippen MR) is 159 cm³/mol. The molecule has 1 N–H and O–H groups in total. The summed E-state index contributed by atoms with van der Waals surface area (Å²) in [5.41, 5.74) is 3.54. The Morgan fingerprint density at radius 1 is 1.12 bits per heavy atom. The molecule has 11 nitrogen and oxygen atoms in total. The number of pyridine rings is 1. The fourth-order valence-electron chi connectivity index (χ4n) is 6.41. The van der Waals surface area contributed by atoms with E-state index < -0.39 is 5.76 Å². The number of imidazole rings is 1. The first-order valence-corrected chi connectivity index (χ1v) is 15.2. The van der Waals surface area contributed by atoms with E-state index in [-0.39, 0.29) is 23.6 Å². The first-order valence-electron chi connectivity index (χ1n) is 14.8. The van der Waals surface area contributed by atoms with Gasteiger partial charge in [0.15, 0.2) is 5.65 Å². The molecule has 4 aromatic heterocycles. The van der Waals surface area contributed by atoms with Gasteiger partial charge in [-0.1, -0.05) is 37.4 Å². The average Bonchev–Trinajstić information content (AvgIpc) is 3.62. The fraction of sp³-hybridized carbons (Fsp3) is 0.467. The lowest BCUT2D eigenvalue weighted by atomic mass is 9.83. The average molecular weight is 607 g/mol. The number of nitrogens with one attached hydrogen (secondary N) is 1. The van der Waals surface area contributed by atoms with Crippen molar-refractivity contribution in [3.8, 4) is 23.0 Å². The van der Waals surface area contributed by atoms with Crippen LogP contribution in [0.4, 0.5) is 10.3 Å². The summed E-state index contributed by atoms with van der Waals surface area (Å²) < 4.78 is 27.3. The van der Waals surface area contributed by atoms with Crippen LogP contribution in [0.25, 0.3) is 34.1 Å². The molecule has 224 valence electrons. The van der Waals surface area contributed by atoms with Gasteiger partial charge in [0.2, 0.25) is 11.8 Å². The fourth-order valence-corrected chi connectivity index (χ4v) is 6.58. The summed E-state index contributed by atoms with van der Waals surface area (Å²) >= 11 is 6.39. The number of hydrogen-bond donors (Lipinski definition) is 1. The number of ether oxygens (including phenoxy) is 1. The number of aromatic amines is 1. The van der Waals surface area contributed by atoms with Gasteiger partial charge in [-0.2, -0.15) is 4.98 Å². The van der Waals surface area contributed by atoms with Crippen molar-refractivity contribution < 1.29 is 13.5 Å². The van der Waals surface area contributed by atoms with Gasteiger partial charge in [0, 0.05) is 37.5 Å². The first-order chi connectivity index (χ1) is 20.9. The molecule has 43 heavy (non-hydrogen) atoms. The molecule has 0 bridgehead atoms. The minimum absolute atomic E-state index is 0.0362. The van der Waals surface area contributed by atoms with Crippen molar-refractivity contribution in [3.63, 3.8) is 0 Å². The van der Waals surface area contributed by atoms with E-state index >= 15 is 0 Å². The Balaban J connectivity index is 1.44. The Labute approximate surface area is 251 Å².